The summed E-state index contributed by atoms with van der Waals surface area (Å²) in [6.45, 7) is -0.136. The smallest absolute Gasteiger partial charge is 0.321 e. The number of aliphatic carboxylic acids is 3. The maximum atomic E-state index is 10.7. The van der Waals surface area contributed by atoms with Gasteiger partial charge in [-0.2, -0.15) is 0 Å². The first kappa shape index (κ1) is 10.5. The highest BCUT2D eigenvalue weighted by Crippen LogP contribution is 2.23. The standard InChI is InChI=1S/C7H9NO6/c9-5(10)2-1-8-4(7(13)14)3(2)6(11)12/h2-4,8H,1H2,(H,9,10)(H,11,12)(H,13,14). The fourth-order valence-corrected chi connectivity index (χ4v) is 1.54. The molecule has 0 aromatic carbocycles. The summed E-state index contributed by atoms with van der Waals surface area (Å²) in [7, 11) is 0. The summed E-state index contributed by atoms with van der Waals surface area (Å²) in [5.41, 5.74) is 0. The van der Waals surface area contributed by atoms with Crippen molar-refractivity contribution in [2.75, 3.05) is 6.54 Å². The number of nitrogens with one attached hydrogen (secondary N) is 1. The highest BCUT2D eigenvalue weighted by molar-refractivity contribution is 5.88. The third-order valence-electron chi connectivity index (χ3n) is 2.22. The van der Waals surface area contributed by atoms with E-state index in [4.69, 9.17) is 15.3 Å². The molecule has 14 heavy (non-hydrogen) atoms. The molecule has 0 radical (unpaired) electrons. The van der Waals surface area contributed by atoms with Gasteiger partial charge in [-0.1, -0.05) is 0 Å². The van der Waals surface area contributed by atoms with Gasteiger partial charge < -0.3 is 20.6 Å². The molecule has 0 aromatic heterocycles. The van der Waals surface area contributed by atoms with Gasteiger partial charge in [-0.3, -0.25) is 14.4 Å². The summed E-state index contributed by atoms with van der Waals surface area (Å²) in [6.07, 6.45) is 0. The second-order valence-electron chi connectivity index (χ2n) is 3.03. The maximum absolute atomic E-state index is 10.7. The Morgan fingerprint density at radius 3 is 1.93 bits per heavy atom. The van der Waals surface area contributed by atoms with Crippen molar-refractivity contribution in [1.29, 1.82) is 0 Å². The summed E-state index contributed by atoms with van der Waals surface area (Å²) in [6, 6.07) is -1.33. The van der Waals surface area contributed by atoms with Crippen LogP contribution in [-0.4, -0.2) is 45.8 Å². The highest BCUT2D eigenvalue weighted by Gasteiger charge is 2.48. The number of carboxylic acids is 3. The van der Waals surface area contributed by atoms with Gasteiger partial charge in [0.05, 0.1) is 11.8 Å². The molecule has 1 saturated heterocycles. The Labute approximate surface area is 78.3 Å². The molecule has 1 aliphatic heterocycles. The van der Waals surface area contributed by atoms with Crippen LogP contribution in [0.4, 0.5) is 0 Å². The van der Waals surface area contributed by atoms with Crippen LogP contribution in [0.3, 0.4) is 0 Å². The van der Waals surface area contributed by atoms with Gasteiger partial charge >= 0.3 is 17.9 Å². The van der Waals surface area contributed by atoms with Crippen molar-refractivity contribution in [3.05, 3.63) is 0 Å². The van der Waals surface area contributed by atoms with Gasteiger partial charge in [0.15, 0.2) is 0 Å². The summed E-state index contributed by atoms with van der Waals surface area (Å²) in [5, 5.41) is 28.3. The molecule has 4 N–H and O–H groups in total. The Bertz CT molecular complexity index is 266. The minimum absolute atomic E-state index is 0.136. The van der Waals surface area contributed by atoms with Crippen LogP contribution in [0.2, 0.25) is 0 Å². The van der Waals surface area contributed by atoms with Crippen LogP contribution in [0.1, 0.15) is 0 Å². The molecule has 7 heteroatoms. The number of carbonyl (C=O) groups is 3. The van der Waals surface area contributed by atoms with Crippen LogP contribution in [0.5, 0.6) is 0 Å². The Morgan fingerprint density at radius 2 is 1.57 bits per heavy atom. The van der Waals surface area contributed by atoms with Gasteiger partial charge in [0, 0.05) is 6.54 Å². The van der Waals surface area contributed by atoms with Crippen molar-refractivity contribution >= 4 is 17.9 Å². The molecule has 1 fully saturated rings. The molecule has 3 unspecified atom stereocenters. The molecule has 0 aliphatic carbocycles. The lowest BCUT2D eigenvalue weighted by Gasteiger charge is -2.13. The molecule has 0 bridgehead atoms. The first-order valence-corrected chi connectivity index (χ1v) is 3.87. The predicted molar refractivity (Wildman–Crippen MR) is 41.7 cm³/mol. The molecular formula is C7H9NO6. The average Bonchev–Trinajstić information content (AvgIpc) is 2.46. The zero-order valence-electron chi connectivity index (χ0n) is 7.01. The predicted octanol–water partition coefficient (Wildman–Crippen LogP) is -1.56. The van der Waals surface area contributed by atoms with Crippen molar-refractivity contribution < 1.29 is 29.7 Å². The third-order valence-corrected chi connectivity index (χ3v) is 2.22. The molecule has 1 heterocycles. The van der Waals surface area contributed by atoms with E-state index in [0.29, 0.717) is 0 Å². The summed E-state index contributed by atoms with van der Waals surface area (Å²) < 4.78 is 0. The normalized spacial score (nSPS) is 31.3. The first-order chi connectivity index (χ1) is 6.45. The summed E-state index contributed by atoms with van der Waals surface area (Å²) >= 11 is 0. The largest absolute Gasteiger partial charge is 0.481 e. The van der Waals surface area contributed by atoms with E-state index in [1.54, 1.807) is 0 Å². The maximum Gasteiger partial charge on any atom is 0.321 e. The summed E-state index contributed by atoms with van der Waals surface area (Å²) in [5.74, 6) is -6.65. The Hall–Kier alpha value is -1.63. The molecular weight excluding hydrogens is 194 g/mol. The van der Waals surface area contributed by atoms with Crippen molar-refractivity contribution in [3.8, 4) is 0 Å². The van der Waals surface area contributed by atoms with E-state index in [0.717, 1.165) is 0 Å². The van der Waals surface area contributed by atoms with Crippen LogP contribution < -0.4 is 5.32 Å². The fourth-order valence-electron chi connectivity index (χ4n) is 1.54. The molecule has 7 nitrogen and oxygen atoms in total. The van der Waals surface area contributed by atoms with E-state index in [2.05, 4.69) is 5.32 Å². The molecule has 1 aliphatic rings. The number of hydrogen-bond acceptors (Lipinski definition) is 4. The van der Waals surface area contributed by atoms with Crippen LogP contribution in [-0.2, 0) is 14.4 Å². The second-order valence-corrected chi connectivity index (χ2v) is 3.03. The molecule has 78 valence electrons. The monoisotopic (exact) mass is 203 g/mol. The zero-order chi connectivity index (χ0) is 10.9. The van der Waals surface area contributed by atoms with E-state index in [9.17, 15) is 14.4 Å². The molecule has 3 atom stereocenters. The van der Waals surface area contributed by atoms with Gasteiger partial charge in [0.2, 0.25) is 0 Å². The Kier molecular flexibility index (Phi) is 2.70. The zero-order valence-corrected chi connectivity index (χ0v) is 7.01. The lowest BCUT2D eigenvalue weighted by atomic mass is 9.91. The lowest BCUT2D eigenvalue weighted by molar-refractivity contribution is -0.155. The van der Waals surface area contributed by atoms with Crippen molar-refractivity contribution in [1.82, 2.24) is 5.32 Å². The number of rotatable bonds is 3. The van der Waals surface area contributed by atoms with Crippen LogP contribution in [0, 0.1) is 11.8 Å². The fraction of sp³-hybridized carbons (Fsp3) is 0.571. The number of carboxylic acid groups (broad SMARTS) is 3. The minimum Gasteiger partial charge on any atom is -0.481 e. The first-order valence-electron chi connectivity index (χ1n) is 3.87. The highest BCUT2D eigenvalue weighted by atomic mass is 16.4. The van der Waals surface area contributed by atoms with E-state index < -0.39 is 35.8 Å². The Morgan fingerprint density at radius 1 is 1.00 bits per heavy atom. The van der Waals surface area contributed by atoms with E-state index in [1.807, 2.05) is 0 Å². The van der Waals surface area contributed by atoms with Crippen molar-refractivity contribution in [3.63, 3.8) is 0 Å². The van der Waals surface area contributed by atoms with Gasteiger partial charge in [0.25, 0.3) is 0 Å². The van der Waals surface area contributed by atoms with E-state index >= 15 is 0 Å². The average molecular weight is 203 g/mol. The second kappa shape index (κ2) is 3.62. The molecule has 0 aromatic rings. The van der Waals surface area contributed by atoms with Crippen LogP contribution >= 0.6 is 0 Å². The van der Waals surface area contributed by atoms with Gasteiger partial charge in [0.1, 0.15) is 6.04 Å². The van der Waals surface area contributed by atoms with Crippen LogP contribution in [0.25, 0.3) is 0 Å². The van der Waals surface area contributed by atoms with Crippen molar-refractivity contribution in [2.24, 2.45) is 11.8 Å². The summed E-state index contributed by atoms with van der Waals surface area (Å²) in [4.78, 5) is 31.8. The third kappa shape index (κ3) is 1.67. The Balaban J connectivity index is 2.90. The SMILES string of the molecule is O=C(O)C1CNC(C(=O)O)C1C(=O)O. The topological polar surface area (TPSA) is 124 Å². The molecule has 0 amide bonds. The molecule has 0 saturated carbocycles. The molecule has 0 spiro atoms. The van der Waals surface area contributed by atoms with Gasteiger partial charge in [-0.15, -0.1) is 0 Å². The van der Waals surface area contributed by atoms with E-state index in [1.165, 1.54) is 0 Å². The van der Waals surface area contributed by atoms with Gasteiger partial charge in [-0.05, 0) is 0 Å². The van der Waals surface area contributed by atoms with Gasteiger partial charge in [-0.25, -0.2) is 0 Å². The molecule has 1 rings (SSSR count). The van der Waals surface area contributed by atoms with E-state index in [-0.39, 0.29) is 6.54 Å². The lowest BCUT2D eigenvalue weighted by Crippen LogP contribution is -2.40. The quantitative estimate of drug-likeness (QED) is 0.437. The van der Waals surface area contributed by atoms with Crippen molar-refractivity contribution in [2.45, 2.75) is 6.04 Å². The number of hydrogen-bond donors (Lipinski definition) is 4. The minimum atomic E-state index is -1.41. The van der Waals surface area contributed by atoms with Crippen LogP contribution in [0.15, 0.2) is 0 Å².